The Labute approximate surface area is 136 Å². The summed E-state index contributed by atoms with van der Waals surface area (Å²) in [5.74, 6) is -1.10. The molecule has 2 N–H and O–H groups in total. The Morgan fingerprint density at radius 2 is 2.13 bits per heavy atom. The van der Waals surface area contributed by atoms with Crippen LogP contribution < -0.4 is 11.4 Å². The van der Waals surface area contributed by atoms with Crippen molar-refractivity contribution < 1.29 is 13.6 Å². The summed E-state index contributed by atoms with van der Waals surface area (Å²) in [4.78, 5) is 15.3. The van der Waals surface area contributed by atoms with Crippen LogP contribution in [0.4, 0.5) is 10.2 Å². The Morgan fingerprint density at radius 3 is 2.74 bits per heavy atom. The lowest BCUT2D eigenvalue weighted by Crippen LogP contribution is -2.42. The van der Waals surface area contributed by atoms with Gasteiger partial charge in [0.05, 0.1) is 18.9 Å². The zero-order chi connectivity index (χ0) is 17.4. The van der Waals surface area contributed by atoms with Gasteiger partial charge >= 0.3 is 5.69 Å². The van der Waals surface area contributed by atoms with Crippen LogP contribution in [0, 0.1) is 5.82 Å². The first-order chi connectivity index (χ1) is 10.5. The van der Waals surface area contributed by atoms with Gasteiger partial charge < -0.3 is 14.9 Å². The van der Waals surface area contributed by atoms with Gasteiger partial charge in [0.15, 0.2) is 20.0 Å². The third-order valence-electron chi connectivity index (χ3n) is 4.77. The quantitative estimate of drug-likeness (QED) is 0.850. The molecule has 130 valence electrons. The molecule has 1 saturated heterocycles. The summed E-state index contributed by atoms with van der Waals surface area (Å²) in [6.07, 6.45) is 1.83. The van der Waals surface area contributed by atoms with Gasteiger partial charge in [0, 0.05) is 0 Å². The molecule has 2 atom stereocenters. The summed E-state index contributed by atoms with van der Waals surface area (Å²) < 4.78 is 26.7. The maximum atomic E-state index is 13.5. The molecule has 0 unspecified atom stereocenters. The number of nitrogens with two attached hydrogens (primary N) is 1. The van der Waals surface area contributed by atoms with Gasteiger partial charge in [-0.25, -0.2) is 9.18 Å². The van der Waals surface area contributed by atoms with Gasteiger partial charge in [0.25, 0.3) is 0 Å². The normalized spacial score (nSPS) is 22.5. The minimum Gasteiger partial charge on any atom is -0.414 e. The Hall–Kier alpha value is -1.25. The van der Waals surface area contributed by atoms with E-state index in [2.05, 4.69) is 38.8 Å². The molecule has 0 aromatic carbocycles. The molecule has 0 radical (unpaired) electrons. The van der Waals surface area contributed by atoms with Gasteiger partial charge in [-0.3, -0.25) is 4.57 Å². The van der Waals surface area contributed by atoms with Gasteiger partial charge in [-0.05, 0) is 31.0 Å². The maximum Gasteiger partial charge on any atom is 0.351 e. The third-order valence-corrected chi connectivity index (χ3v) is 9.27. The minimum atomic E-state index is -1.84. The Balaban J connectivity index is 2.00. The molecule has 23 heavy (non-hydrogen) atoms. The molecule has 0 bridgehead atoms. The van der Waals surface area contributed by atoms with Crippen LogP contribution in [0.25, 0.3) is 0 Å². The standard InChI is InChI=1S/C15H26FN3O3Si/c1-15(2,3)23(4,5)21-9-10-6-7-12(22-10)19-8-11(16)13(17)18-14(19)20/h8,10,12H,6-7,9H2,1-5H3,(H2,17,18,20)/t10-,12+/m0/s1. The van der Waals surface area contributed by atoms with Crippen molar-refractivity contribution in [2.24, 2.45) is 0 Å². The lowest BCUT2D eigenvalue weighted by Gasteiger charge is -2.36. The van der Waals surface area contributed by atoms with Crippen molar-refractivity contribution in [2.75, 3.05) is 12.3 Å². The van der Waals surface area contributed by atoms with Gasteiger partial charge in [0.2, 0.25) is 0 Å². The first kappa shape index (κ1) is 18.1. The second kappa shape index (κ2) is 6.33. The van der Waals surface area contributed by atoms with Gasteiger partial charge in [-0.2, -0.15) is 4.98 Å². The van der Waals surface area contributed by atoms with Crippen molar-refractivity contribution in [2.45, 2.75) is 64.1 Å². The fourth-order valence-electron chi connectivity index (χ4n) is 2.20. The molecule has 0 amide bonds. The Bertz CT molecular complexity index is 627. The van der Waals surface area contributed by atoms with Crippen LogP contribution in [0.3, 0.4) is 0 Å². The Kier molecular flexibility index (Phi) is 4.98. The molecule has 1 aromatic rings. The van der Waals surface area contributed by atoms with Crippen molar-refractivity contribution in [1.29, 1.82) is 0 Å². The monoisotopic (exact) mass is 343 g/mol. The fraction of sp³-hybridized carbons (Fsp3) is 0.733. The van der Waals surface area contributed by atoms with Crippen LogP contribution in [-0.4, -0.2) is 30.6 Å². The second-order valence-corrected chi connectivity index (χ2v) is 12.3. The summed E-state index contributed by atoms with van der Waals surface area (Å²) in [5, 5.41) is 0.131. The highest BCUT2D eigenvalue weighted by atomic mass is 28.4. The highest BCUT2D eigenvalue weighted by Gasteiger charge is 2.38. The SMILES string of the molecule is CC(C)(C)[Si](C)(C)OC[C@@H]1CC[C@H](n2cc(F)c(N)nc2=O)O1. The number of hydrogen-bond donors (Lipinski definition) is 1. The molecule has 1 aliphatic heterocycles. The fourth-order valence-corrected chi connectivity index (χ4v) is 3.23. The average Bonchev–Trinajstić information content (AvgIpc) is 2.88. The summed E-state index contributed by atoms with van der Waals surface area (Å²) in [5.41, 5.74) is 4.70. The van der Waals surface area contributed by atoms with E-state index in [1.54, 1.807) is 0 Å². The van der Waals surface area contributed by atoms with Crippen LogP contribution in [0.2, 0.25) is 18.1 Å². The van der Waals surface area contributed by atoms with Crippen molar-refractivity contribution in [3.8, 4) is 0 Å². The number of aromatic nitrogens is 2. The zero-order valence-electron chi connectivity index (χ0n) is 14.4. The van der Waals surface area contributed by atoms with Crippen LogP contribution >= 0.6 is 0 Å². The number of nitrogens with zero attached hydrogens (tertiary/aromatic N) is 2. The lowest BCUT2D eigenvalue weighted by atomic mass is 10.2. The average molecular weight is 343 g/mol. The highest BCUT2D eigenvalue weighted by molar-refractivity contribution is 6.74. The van der Waals surface area contributed by atoms with E-state index in [4.69, 9.17) is 14.9 Å². The number of halogens is 1. The van der Waals surface area contributed by atoms with E-state index in [1.807, 2.05) is 0 Å². The first-order valence-electron chi connectivity index (χ1n) is 7.85. The Morgan fingerprint density at radius 1 is 1.48 bits per heavy atom. The molecule has 6 nitrogen and oxygen atoms in total. The largest absolute Gasteiger partial charge is 0.414 e. The van der Waals surface area contributed by atoms with E-state index in [9.17, 15) is 9.18 Å². The predicted octanol–water partition coefficient (Wildman–Crippen LogP) is 2.66. The van der Waals surface area contributed by atoms with E-state index in [0.717, 1.165) is 17.2 Å². The minimum absolute atomic E-state index is 0.0957. The molecular formula is C15H26FN3O3Si. The topological polar surface area (TPSA) is 79.4 Å². The number of anilines is 1. The number of rotatable bonds is 4. The molecule has 2 rings (SSSR count). The first-order valence-corrected chi connectivity index (χ1v) is 10.8. The summed E-state index contributed by atoms with van der Waals surface area (Å²) in [6.45, 7) is 11.4. The van der Waals surface area contributed by atoms with Gasteiger partial charge in [0.1, 0.15) is 6.23 Å². The molecule has 1 fully saturated rings. The van der Waals surface area contributed by atoms with Crippen LogP contribution in [0.5, 0.6) is 0 Å². The van der Waals surface area contributed by atoms with E-state index >= 15 is 0 Å². The number of nitrogen functional groups attached to an aromatic ring is 1. The van der Waals surface area contributed by atoms with Crippen molar-refractivity contribution in [1.82, 2.24) is 9.55 Å². The molecule has 0 aliphatic carbocycles. The molecule has 2 heterocycles. The molecule has 8 heteroatoms. The molecule has 1 aromatic heterocycles. The highest BCUT2D eigenvalue weighted by Crippen LogP contribution is 2.37. The molecule has 1 aliphatic rings. The molecule has 0 spiro atoms. The van der Waals surface area contributed by atoms with Crippen molar-refractivity contribution in [3.63, 3.8) is 0 Å². The summed E-state index contributed by atoms with van der Waals surface area (Å²) in [6, 6.07) is 0. The van der Waals surface area contributed by atoms with Crippen molar-refractivity contribution >= 4 is 14.1 Å². The summed E-state index contributed by atoms with van der Waals surface area (Å²) in [7, 11) is -1.84. The van der Waals surface area contributed by atoms with E-state index in [0.29, 0.717) is 13.0 Å². The summed E-state index contributed by atoms with van der Waals surface area (Å²) >= 11 is 0. The molecular weight excluding hydrogens is 317 g/mol. The van der Waals surface area contributed by atoms with Crippen LogP contribution in [-0.2, 0) is 9.16 Å². The predicted molar refractivity (Wildman–Crippen MR) is 89.2 cm³/mol. The third kappa shape index (κ3) is 3.99. The second-order valence-electron chi connectivity index (χ2n) is 7.53. The van der Waals surface area contributed by atoms with Crippen molar-refractivity contribution in [3.05, 3.63) is 22.5 Å². The maximum absolute atomic E-state index is 13.5. The number of ether oxygens (including phenoxy) is 1. The number of hydrogen-bond acceptors (Lipinski definition) is 5. The van der Waals surface area contributed by atoms with Gasteiger partial charge in [-0.1, -0.05) is 20.8 Å². The van der Waals surface area contributed by atoms with E-state index < -0.39 is 26.1 Å². The zero-order valence-corrected chi connectivity index (χ0v) is 15.4. The van der Waals surface area contributed by atoms with E-state index in [-0.39, 0.29) is 17.0 Å². The van der Waals surface area contributed by atoms with E-state index in [1.165, 1.54) is 0 Å². The molecule has 0 saturated carbocycles. The van der Waals surface area contributed by atoms with Crippen LogP contribution in [0.1, 0.15) is 39.8 Å². The lowest BCUT2D eigenvalue weighted by molar-refractivity contribution is -0.0225. The van der Waals surface area contributed by atoms with Crippen LogP contribution in [0.15, 0.2) is 11.0 Å². The smallest absolute Gasteiger partial charge is 0.351 e. The van der Waals surface area contributed by atoms with Gasteiger partial charge in [-0.15, -0.1) is 0 Å².